The highest BCUT2D eigenvalue weighted by molar-refractivity contribution is 9.10. The van der Waals surface area contributed by atoms with Gasteiger partial charge in [-0.25, -0.2) is 13.8 Å². The molecular weight excluding hydrogens is 587 g/mol. The van der Waals surface area contributed by atoms with Crippen molar-refractivity contribution in [3.8, 4) is 5.75 Å². The minimum Gasteiger partial charge on any atom is -0.496 e. The van der Waals surface area contributed by atoms with Crippen LogP contribution in [0.4, 0.5) is 18.9 Å². The highest BCUT2D eigenvalue weighted by Gasteiger charge is 2.35. The molecule has 3 aromatic rings. The molecule has 7 nitrogen and oxygen atoms in total. The number of ether oxygens (including phenoxy) is 1. The summed E-state index contributed by atoms with van der Waals surface area (Å²) in [5, 5.41) is 3.20. The third-order valence-corrected chi connectivity index (χ3v) is 7.36. The lowest BCUT2D eigenvalue weighted by Crippen LogP contribution is -2.39. The highest BCUT2D eigenvalue weighted by Crippen LogP contribution is 2.38. The summed E-state index contributed by atoms with van der Waals surface area (Å²) >= 11 is 8.99. The van der Waals surface area contributed by atoms with Crippen LogP contribution in [0.1, 0.15) is 11.1 Å². The van der Waals surface area contributed by atoms with Crippen molar-refractivity contribution in [2.24, 2.45) is 5.10 Å². The van der Waals surface area contributed by atoms with Gasteiger partial charge in [0.1, 0.15) is 12.3 Å². The van der Waals surface area contributed by atoms with Crippen LogP contribution in [0, 0.1) is 0 Å². The summed E-state index contributed by atoms with van der Waals surface area (Å²) in [5.41, 5.74) is 1.05. The monoisotopic (exact) mass is 603 g/mol. The maximum atomic E-state index is 13.4. The number of amides is 1. The summed E-state index contributed by atoms with van der Waals surface area (Å²) in [7, 11) is -2.98. The van der Waals surface area contributed by atoms with E-state index in [0.29, 0.717) is 21.7 Å². The van der Waals surface area contributed by atoms with Crippen molar-refractivity contribution in [2.45, 2.75) is 11.1 Å². The lowest BCUT2D eigenvalue weighted by atomic mass is 10.2. The molecule has 0 radical (unpaired) electrons. The Labute approximate surface area is 218 Å². The quantitative estimate of drug-likeness (QED) is 0.273. The van der Waals surface area contributed by atoms with Crippen molar-refractivity contribution in [3.05, 3.63) is 87.4 Å². The van der Waals surface area contributed by atoms with Crippen molar-refractivity contribution in [3.63, 3.8) is 0 Å². The number of hydrogen-bond acceptors (Lipinski definition) is 5. The van der Waals surface area contributed by atoms with Gasteiger partial charge in [0, 0.05) is 10.0 Å². The van der Waals surface area contributed by atoms with E-state index in [2.05, 4.69) is 26.5 Å². The molecular formula is C23H18BrClF3N3O4S. The lowest BCUT2D eigenvalue weighted by molar-refractivity contribution is -0.137. The number of carbonyl (C=O) groups is 1. The minimum absolute atomic E-state index is 0.219. The molecule has 1 N–H and O–H groups in total. The first-order valence-corrected chi connectivity index (χ1v) is 12.6. The number of hydrazone groups is 1. The number of alkyl halides is 3. The number of benzene rings is 3. The molecule has 13 heteroatoms. The van der Waals surface area contributed by atoms with Crippen molar-refractivity contribution in [1.29, 1.82) is 0 Å². The number of nitrogens with zero attached hydrogens (tertiary/aromatic N) is 2. The average molecular weight is 605 g/mol. The smallest absolute Gasteiger partial charge is 0.417 e. The SMILES string of the molecule is COc1ccc(Br)cc1/C=N/NC(=O)CN(c1ccc(Cl)c(C(F)(F)F)c1)S(=O)(=O)c1ccccc1. The molecule has 0 saturated heterocycles. The van der Waals surface area contributed by atoms with Gasteiger partial charge in [-0.1, -0.05) is 45.7 Å². The topological polar surface area (TPSA) is 88.1 Å². The first-order chi connectivity index (χ1) is 16.9. The summed E-state index contributed by atoms with van der Waals surface area (Å²) < 4.78 is 73.4. The number of anilines is 1. The molecule has 3 rings (SSSR count). The van der Waals surface area contributed by atoms with E-state index in [0.717, 1.165) is 16.6 Å². The summed E-state index contributed by atoms with van der Waals surface area (Å²) in [5.74, 6) is -0.437. The Balaban J connectivity index is 1.94. The van der Waals surface area contributed by atoms with Crippen LogP contribution in [-0.4, -0.2) is 34.2 Å². The summed E-state index contributed by atoms with van der Waals surface area (Å²) in [6.45, 7) is -0.858. The maximum absolute atomic E-state index is 13.4. The Morgan fingerprint density at radius 2 is 1.83 bits per heavy atom. The first-order valence-electron chi connectivity index (χ1n) is 10.0. The zero-order chi connectivity index (χ0) is 26.5. The highest BCUT2D eigenvalue weighted by atomic mass is 79.9. The zero-order valence-corrected chi connectivity index (χ0v) is 21.6. The molecule has 190 valence electrons. The normalized spacial score (nSPS) is 11.9. The molecule has 0 saturated carbocycles. The lowest BCUT2D eigenvalue weighted by Gasteiger charge is -2.24. The van der Waals surface area contributed by atoms with Crippen molar-refractivity contribution >= 4 is 55.4 Å². The number of methoxy groups -OCH3 is 1. The van der Waals surface area contributed by atoms with Gasteiger partial charge in [-0.2, -0.15) is 18.3 Å². The zero-order valence-electron chi connectivity index (χ0n) is 18.5. The molecule has 0 fully saturated rings. The average Bonchev–Trinajstić information content (AvgIpc) is 2.83. The second-order valence-corrected chi connectivity index (χ2v) is 10.4. The van der Waals surface area contributed by atoms with Crippen molar-refractivity contribution < 1.29 is 31.1 Å². The molecule has 0 aliphatic rings. The van der Waals surface area contributed by atoms with Gasteiger partial charge in [-0.15, -0.1) is 0 Å². The first kappa shape index (κ1) is 27.5. The largest absolute Gasteiger partial charge is 0.496 e. The van der Waals surface area contributed by atoms with Gasteiger partial charge in [0.2, 0.25) is 0 Å². The summed E-state index contributed by atoms with van der Waals surface area (Å²) in [6.07, 6.45) is -3.56. The molecule has 0 aliphatic carbocycles. The van der Waals surface area contributed by atoms with Crippen molar-refractivity contribution in [1.82, 2.24) is 5.43 Å². The molecule has 0 aliphatic heterocycles. The second kappa shape index (κ2) is 11.3. The van der Waals surface area contributed by atoms with Gasteiger partial charge in [0.05, 0.1) is 34.5 Å². The van der Waals surface area contributed by atoms with Crippen LogP contribution in [0.3, 0.4) is 0 Å². The number of halogens is 5. The fraction of sp³-hybridized carbons (Fsp3) is 0.130. The molecule has 0 heterocycles. The van der Waals surface area contributed by atoms with E-state index in [1.54, 1.807) is 24.3 Å². The van der Waals surface area contributed by atoms with E-state index in [9.17, 15) is 26.4 Å². The van der Waals surface area contributed by atoms with Crippen LogP contribution >= 0.6 is 27.5 Å². The van der Waals surface area contributed by atoms with Crippen LogP contribution in [0.2, 0.25) is 5.02 Å². The molecule has 3 aromatic carbocycles. The maximum Gasteiger partial charge on any atom is 0.417 e. The molecule has 0 aromatic heterocycles. The minimum atomic E-state index is -4.84. The van der Waals surface area contributed by atoms with Crippen LogP contribution < -0.4 is 14.5 Å². The number of rotatable bonds is 8. The third-order valence-electron chi connectivity index (χ3n) is 4.75. The van der Waals surface area contributed by atoms with E-state index in [1.165, 1.54) is 37.6 Å². The fourth-order valence-corrected chi connectivity index (χ4v) is 5.10. The van der Waals surface area contributed by atoms with Crippen LogP contribution in [-0.2, 0) is 21.0 Å². The van der Waals surface area contributed by atoms with Gasteiger partial charge in [0.25, 0.3) is 15.9 Å². The van der Waals surface area contributed by atoms with Gasteiger partial charge in [-0.05, 0) is 48.5 Å². The molecule has 0 spiro atoms. The number of sulfonamides is 1. The predicted octanol–water partition coefficient (Wildman–Crippen LogP) is 5.48. The van der Waals surface area contributed by atoms with E-state index in [1.807, 2.05) is 0 Å². The van der Waals surface area contributed by atoms with Gasteiger partial charge >= 0.3 is 6.18 Å². The Kier molecular flexibility index (Phi) is 8.64. The predicted molar refractivity (Wildman–Crippen MR) is 134 cm³/mol. The molecule has 0 unspecified atom stereocenters. The Bertz CT molecular complexity index is 1390. The summed E-state index contributed by atoms with van der Waals surface area (Å²) in [4.78, 5) is 12.4. The Morgan fingerprint density at radius 1 is 1.14 bits per heavy atom. The fourth-order valence-electron chi connectivity index (χ4n) is 3.07. The van der Waals surface area contributed by atoms with E-state index < -0.39 is 44.9 Å². The van der Waals surface area contributed by atoms with E-state index >= 15 is 0 Å². The van der Waals surface area contributed by atoms with Gasteiger partial charge in [-0.3, -0.25) is 9.10 Å². The number of hydrogen-bond donors (Lipinski definition) is 1. The molecule has 36 heavy (non-hydrogen) atoms. The van der Waals surface area contributed by atoms with E-state index in [-0.39, 0.29) is 4.90 Å². The van der Waals surface area contributed by atoms with Crippen LogP contribution in [0.15, 0.2) is 81.2 Å². The summed E-state index contributed by atoms with van der Waals surface area (Å²) in [6, 6.07) is 14.7. The standard InChI is InChI=1S/C23H18BrClF3N3O4S/c1-35-21-10-7-16(24)11-15(21)13-29-30-22(32)14-31(36(33,34)18-5-3-2-4-6-18)17-8-9-20(25)19(12-17)23(26,27)28/h2-13H,14H2,1H3,(H,30,32)/b29-13+. The third kappa shape index (κ3) is 6.56. The molecule has 0 bridgehead atoms. The van der Waals surface area contributed by atoms with Gasteiger partial charge in [0.15, 0.2) is 0 Å². The van der Waals surface area contributed by atoms with Gasteiger partial charge < -0.3 is 4.74 Å². The van der Waals surface area contributed by atoms with Crippen LogP contribution in [0.5, 0.6) is 5.75 Å². The van der Waals surface area contributed by atoms with E-state index in [4.69, 9.17) is 16.3 Å². The Morgan fingerprint density at radius 3 is 2.47 bits per heavy atom. The second-order valence-electron chi connectivity index (χ2n) is 7.17. The molecule has 1 amide bonds. The number of nitrogens with one attached hydrogen (secondary N) is 1. The van der Waals surface area contributed by atoms with Crippen LogP contribution in [0.25, 0.3) is 0 Å². The molecule has 0 atom stereocenters. The Hall–Kier alpha value is -3.09. The number of carbonyl (C=O) groups excluding carboxylic acids is 1. The van der Waals surface area contributed by atoms with Crippen molar-refractivity contribution in [2.75, 3.05) is 18.0 Å².